The molecule has 94 valence electrons. The smallest absolute Gasteiger partial charge is 0.256 e. The Bertz CT molecular complexity index is 559. The topological polar surface area (TPSA) is 98.7 Å². The van der Waals surface area contributed by atoms with Gasteiger partial charge in [0.25, 0.3) is 5.91 Å². The van der Waals surface area contributed by atoms with Crippen LogP contribution in [0.25, 0.3) is 0 Å². The molecule has 0 aromatic carbocycles. The molecular weight excluding hydrogens is 232 g/mol. The van der Waals surface area contributed by atoms with E-state index >= 15 is 0 Å². The van der Waals surface area contributed by atoms with E-state index in [1.165, 1.54) is 10.9 Å². The van der Waals surface area contributed by atoms with Gasteiger partial charge in [0.1, 0.15) is 11.4 Å². The van der Waals surface area contributed by atoms with Crippen molar-refractivity contribution in [3.8, 4) is 0 Å². The van der Waals surface area contributed by atoms with Crippen molar-refractivity contribution in [1.29, 1.82) is 0 Å². The number of aryl methyl sites for hydroxylation is 2. The van der Waals surface area contributed by atoms with E-state index in [1.54, 1.807) is 19.4 Å². The zero-order chi connectivity index (χ0) is 13.1. The highest BCUT2D eigenvalue weighted by atomic mass is 16.1. The first-order valence-corrected chi connectivity index (χ1v) is 5.41. The maximum absolute atomic E-state index is 11.8. The number of hydrogen-bond acceptors (Lipinski definition) is 5. The van der Waals surface area contributed by atoms with Crippen LogP contribution < -0.4 is 11.1 Å². The minimum absolute atomic E-state index is 0.275. The first-order valence-electron chi connectivity index (χ1n) is 5.41. The molecule has 2 aromatic rings. The van der Waals surface area contributed by atoms with Gasteiger partial charge in [0, 0.05) is 13.2 Å². The van der Waals surface area contributed by atoms with Crippen LogP contribution in [0.5, 0.6) is 0 Å². The monoisotopic (exact) mass is 246 g/mol. The Kier molecular flexibility index (Phi) is 3.22. The normalized spacial score (nSPS) is 10.3. The highest BCUT2D eigenvalue weighted by molar-refractivity contribution is 5.98. The molecule has 3 N–H and O–H groups in total. The largest absolute Gasteiger partial charge is 0.383 e. The number of aromatic nitrogens is 4. The maximum atomic E-state index is 11.8. The number of anilines is 1. The highest BCUT2D eigenvalue weighted by Crippen LogP contribution is 2.08. The van der Waals surface area contributed by atoms with Crippen molar-refractivity contribution in [2.24, 2.45) is 7.05 Å². The van der Waals surface area contributed by atoms with E-state index < -0.39 is 0 Å². The molecule has 0 fully saturated rings. The molecular formula is C11H14N6O. The predicted molar refractivity (Wildman–Crippen MR) is 65.6 cm³/mol. The minimum Gasteiger partial charge on any atom is -0.383 e. The van der Waals surface area contributed by atoms with Crippen molar-refractivity contribution in [2.75, 3.05) is 5.73 Å². The molecule has 0 aliphatic rings. The number of nitrogen functional groups attached to an aromatic ring is 1. The zero-order valence-corrected chi connectivity index (χ0v) is 10.2. The Balaban J connectivity index is 2.00. The summed E-state index contributed by atoms with van der Waals surface area (Å²) in [5.74, 6) is 0.0606. The van der Waals surface area contributed by atoms with Gasteiger partial charge >= 0.3 is 0 Å². The quantitative estimate of drug-likeness (QED) is 0.796. The third-order valence-electron chi connectivity index (χ3n) is 2.49. The Morgan fingerprint density at radius 1 is 1.39 bits per heavy atom. The van der Waals surface area contributed by atoms with Crippen LogP contribution in [0.3, 0.4) is 0 Å². The second-order valence-electron chi connectivity index (χ2n) is 3.90. The van der Waals surface area contributed by atoms with E-state index in [0.717, 1.165) is 5.69 Å². The fraction of sp³-hybridized carbons (Fsp3) is 0.273. The van der Waals surface area contributed by atoms with Gasteiger partial charge in [-0.25, -0.2) is 0 Å². The number of nitrogens with two attached hydrogens (primary N) is 1. The van der Waals surface area contributed by atoms with Crippen LogP contribution in [0, 0.1) is 6.92 Å². The van der Waals surface area contributed by atoms with Gasteiger partial charge in [-0.2, -0.15) is 5.10 Å². The van der Waals surface area contributed by atoms with Gasteiger partial charge < -0.3 is 11.1 Å². The van der Waals surface area contributed by atoms with Crippen LogP contribution >= 0.6 is 0 Å². The van der Waals surface area contributed by atoms with Crippen molar-refractivity contribution in [3.63, 3.8) is 0 Å². The molecule has 0 spiro atoms. The van der Waals surface area contributed by atoms with E-state index in [9.17, 15) is 4.79 Å². The summed E-state index contributed by atoms with van der Waals surface area (Å²) in [5, 5.41) is 6.62. The van der Waals surface area contributed by atoms with Crippen molar-refractivity contribution in [1.82, 2.24) is 25.1 Å². The van der Waals surface area contributed by atoms with E-state index in [1.807, 2.05) is 6.92 Å². The molecule has 1 amide bonds. The summed E-state index contributed by atoms with van der Waals surface area (Å²) < 4.78 is 1.45. The number of carbonyl (C=O) groups is 1. The van der Waals surface area contributed by atoms with Gasteiger partial charge in [-0.05, 0) is 6.92 Å². The van der Waals surface area contributed by atoms with Crippen molar-refractivity contribution < 1.29 is 4.79 Å². The van der Waals surface area contributed by atoms with Crippen LogP contribution in [0.2, 0.25) is 0 Å². The maximum Gasteiger partial charge on any atom is 0.256 e. The lowest BCUT2D eigenvalue weighted by atomic mass is 10.3. The van der Waals surface area contributed by atoms with Crippen molar-refractivity contribution >= 4 is 11.7 Å². The molecule has 2 rings (SSSR count). The average Bonchev–Trinajstić information content (AvgIpc) is 2.69. The second-order valence-corrected chi connectivity index (χ2v) is 3.90. The van der Waals surface area contributed by atoms with Crippen LogP contribution in [0.15, 0.2) is 18.6 Å². The van der Waals surface area contributed by atoms with Crippen LogP contribution in [0.4, 0.5) is 5.82 Å². The standard InChI is InChI=1S/C11H14N6O/c1-7-3-14-8(4-13-7)5-15-11(18)9-6-16-17(2)10(9)12/h3-4,6H,5,12H2,1-2H3,(H,15,18). The lowest BCUT2D eigenvalue weighted by Gasteiger charge is -2.04. The van der Waals surface area contributed by atoms with E-state index in [2.05, 4.69) is 20.4 Å². The average molecular weight is 246 g/mol. The second kappa shape index (κ2) is 4.82. The molecule has 0 aliphatic carbocycles. The lowest BCUT2D eigenvalue weighted by molar-refractivity contribution is 0.0951. The molecule has 0 aliphatic heterocycles. The summed E-state index contributed by atoms with van der Waals surface area (Å²) in [6.07, 6.45) is 4.72. The van der Waals surface area contributed by atoms with Crippen LogP contribution in [0.1, 0.15) is 21.7 Å². The van der Waals surface area contributed by atoms with Gasteiger partial charge in [-0.15, -0.1) is 0 Å². The molecule has 0 saturated carbocycles. The summed E-state index contributed by atoms with van der Waals surface area (Å²) in [7, 11) is 1.68. The van der Waals surface area contributed by atoms with Crippen molar-refractivity contribution in [2.45, 2.75) is 13.5 Å². The first-order chi connectivity index (χ1) is 8.58. The van der Waals surface area contributed by atoms with Crippen molar-refractivity contribution in [3.05, 3.63) is 35.5 Å². The number of rotatable bonds is 3. The summed E-state index contributed by atoms with van der Waals surface area (Å²) in [4.78, 5) is 20.1. The van der Waals surface area contributed by atoms with Gasteiger partial charge in [0.2, 0.25) is 0 Å². The molecule has 18 heavy (non-hydrogen) atoms. The Morgan fingerprint density at radius 2 is 2.17 bits per heavy atom. The summed E-state index contributed by atoms with van der Waals surface area (Å²) >= 11 is 0. The van der Waals surface area contributed by atoms with Gasteiger partial charge in [0.15, 0.2) is 0 Å². The minimum atomic E-state index is -0.275. The Hall–Kier alpha value is -2.44. The SMILES string of the molecule is Cc1cnc(CNC(=O)c2cnn(C)c2N)cn1. The van der Waals surface area contributed by atoms with E-state index in [4.69, 9.17) is 5.73 Å². The van der Waals surface area contributed by atoms with Crippen LogP contribution in [-0.4, -0.2) is 25.7 Å². The van der Waals surface area contributed by atoms with E-state index in [-0.39, 0.29) is 5.91 Å². The van der Waals surface area contributed by atoms with Gasteiger partial charge in [-0.3, -0.25) is 19.4 Å². The lowest BCUT2D eigenvalue weighted by Crippen LogP contribution is -2.24. The zero-order valence-electron chi connectivity index (χ0n) is 10.2. The summed E-state index contributed by atoms with van der Waals surface area (Å²) in [5.41, 5.74) is 7.59. The summed E-state index contributed by atoms with van der Waals surface area (Å²) in [6, 6.07) is 0. The van der Waals surface area contributed by atoms with E-state index in [0.29, 0.717) is 23.6 Å². The molecule has 7 nitrogen and oxygen atoms in total. The fourth-order valence-corrected chi connectivity index (χ4v) is 1.40. The number of amides is 1. The molecule has 0 radical (unpaired) electrons. The molecule has 0 atom stereocenters. The number of carbonyl (C=O) groups excluding carboxylic acids is 1. The fourth-order valence-electron chi connectivity index (χ4n) is 1.40. The molecule has 0 saturated heterocycles. The third-order valence-corrected chi connectivity index (χ3v) is 2.49. The van der Waals surface area contributed by atoms with Crippen LogP contribution in [-0.2, 0) is 13.6 Å². The number of nitrogens with zero attached hydrogens (tertiary/aromatic N) is 4. The third kappa shape index (κ3) is 2.45. The number of hydrogen-bond donors (Lipinski definition) is 2. The molecule has 0 bridgehead atoms. The highest BCUT2D eigenvalue weighted by Gasteiger charge is 2.13. The number of nitrogens with one attached hydrogen (secondary N) is 1. The van der Waals surface area contributed by atoms with Gasteiger partial charge in [-0.1, -0.05) is 0 Å². The Morgan fingerprint density at radius 3 is 2.72 bits per heavy atom. The molecule has 7 heteroatoms. The van der Waals surface area contributed by atoms with Gasteiger partial charge in [0.05, 0.1) is 30.3 Å². The predicted octanol–water partition coefficient (Wildman–Crippen LogP) is 0.0307. The molecule has 2 heterocycles. The summed E-state index contributed by atoms with van der Waals surface area (Å²) in [6.45, 7) is 2.16. The molecule has 0 unspecified atom stereocenters. The first kappa shape index (κ1) is 12.0. The Labute approximate surface area is 104 Å². The molecule has 2 aromatic heterocycles.